The first kappa shape index (κ1) is 37.6. The molecule has 5 aromatic carbocycles. The lowest BCUT2D eigenvalue weighted by atomic mass is 9.68. The van der Waals surface area contributed by atoms with Gasteiger partial charge in [0, 0.05) is 97.8 Å². The lowest BCUT2D eigenvalue weighted by Crippen LogP contribution is -2.30. The van der Waals surface area contributed by atoms with Gasteiger partial charge in [0.05, 0.1) is 29.5 Å². The SMILES string of the molecule is [C-]#[N+]/C(C#N)=C1\C(=C2c3c(O)cccc3C(=[N+](CCC)CCC)c3cccc(O)c32)C(O)=C1c1c2c(N)cccc2c(N(CCC)CCC)c2cccc(N)c12. The Bertz CT molecular complexity index is 2520. The molecule has 0 aromatic heterocycles. The van der Waals surface area contributed by atoms with Crippen LogP contribution in [0, 0.1) is 17.9 Å². The summed E-state index contributed by atoms with van der Waals surface area (Å²) in [6.45, 7) is 19.8. The fourth-order valence-electron chi connectivity index (χ4n) is 8.85. The maximum atomic E-state index is 12.7. The number of nitrogen functional groups attached to an aromatic ring is 2. The summed E-state index contributed by atoms with van der Waals surface area (Å²) < 4.78 is 2.27. The lowest BCUT2D eigenvalue weighted by molar-refractivity contribution is -0.527. The van der Waals surface area contributed by atoms with Crippen LogP contribution in [-0.2, 0) is 0 Å². The number of fused-ring (bicyclic) bond motifs is 4. The maximum Gasteiger partial charge on any atom is 0.270 e. The summed E-state index contributed by atoms with van der Waals surface area (Å²) in [4.78, 5) is 6.06. The van der Waals surface area contributed by atoms with Gasteiger partial charge in [-0.1, -0.05) is 64.1 Å². The van der Waals surface area contributed by atoms with Crippen molar-refractivity contribution in [1.82, 2.24) is 0 Å². The molecule has 7 rings (SSSR count). The average Bonchev–Trinajstić information content (AvgIpc) is 3.18. The van der Waals surface area contributed by atoms with Gasteiger partial charge in [0.15, 0.2) is 0 Å². The molecule has 0 radical (unpaired) electrons. The van der Waals surface area contributed by atoms with E-state index >= 15 is 0 Å². The number of nitrogens with zero attached hydrogens (tertiary/aromatic N) is 4. The van der Waals surface area contributed by atoms with E-state index in [0.29, 0.717) is 44.4 Å². The number of aliphatic hydroxyl groups excluding tert-OH is 1. The third kappa shape index (κ3) is 5.70. The van der Waals surface area contributed by atoms with Crippen molar-refractivity contribution in [3.63, 3.8) is 0 Å². The van der Waals surface area contributed by atoms with Crippen molar-refractivity contribution in [3.8, 4) is 17.6 Å². The minimum absolute atomic E-state index is 0.0630. The number of nitriles is 1. The van der Waals surface area contributed by atoms with Crippen LogP contribution in [0.15, 0.2) is 95.4 Å². The first-order chi connectivity index (χ1) is 27.2. The molecule has 0 saturated heterocycles. The van der Waals surface area contributed by atoms with Crippen LogP contribution in [0.1, 0.15) is 81.2 Å². The summed E-state index contributed by atoms with van der Waals surface area (Å²) in [5.41, 5.74) is 20.0. The average molecular weight is 744 g/mol. The molecule has 2 aliphatic carbocycles. The third-order valence-corrected chi connectivity index (χ3v) is 10.8. The van der Waals surface area contributed by atoms with Crippen LogP contribution < -0.4 is 16.4 Å². The molecule has 0 spiro atoms. The van der Waals surface area contributed by atoms with E-state index in [1.165, 1.54) is 0 Å². The number of allylic oxidation sites excluding steroid dienone is 3. The molecular weight excluding hydrogens is 697 g/mol. The molecule has 0 heterocycles. The Kier molecular flexibility index (Phi) is 10.2. The highest BCUT2D eigenvalue weighted by Gasteiger charge is 2.44. The highest BCUT2D eigenvalue weighted by Crippen LogP contribution is 2.58. The molecule has 0 bridgehead atoms. The van der Waals surface area contributed by atoms with E-state index in [9.17, 15) is 20.6 Å². The molecule has 282 valence electrons. The molecule has 9 heteroatoms. The molecule has 5 aromatic rings. The highest BCUT2D eigenvalue weighted by atomic mass is 16.3. The molecule has 2 aliphatic rings. The van der Waals surface area contributed by atoms with Crippen molar-refractivity contribution in [2.45, 2.75) is 53.4 Å². The van der Waals surface area contributed by atoms with Gasteiger partial charge in [-0.3, -0.25) is 0 Å². The monoisotopic (exact) mass is 743 g/mol. The molecule has 0 saturated carbocycles. The minimum atomic E-state index is -0.254. The van der Waals surface area contributed by atoms with Crippen LogP contribution in [-0.4, -0.2) is 51.8 Å². The minimum Gasteiger partial charge on any atom is -0.507 e. The van der Waals surface area contributed by atoms with Crippen LogP contribution in [0.3, 0.4) is 0 Å². The van der Waals surface area contributed by atoms with Crippen molar-refractivity contribution < 1.29 is 19.9 Å². The highest BCUT2D eigenvalue weighted by molar-refractivity contribution is 6.28. The Labute approximate surface area is 327 Å². The Hall–Kier alpha value is -6.71. The first-order valence-electron chi connectivity index (χ1n) is 19.4. The molecule has 0 fully saturated rings. The number of aromatic hydroxyl groups is 2. The fraction of sp³-hybridized carbons (Fsp3) is 0.255. The van der Waals surface area contributed by atoms with Crippen molar-refractivity contribution in [2.24, 2.45) is 0 Å². The smallest absolute Gasteiger partial charge is 0.270 e. The quantitative estimate of drug-likeness (QED) is 0.0309. The normalized spacial score (nSPS) is 14.3. The largest absolute Gasteiger partial charge is 0.507 e. The zero-order chi connectivity index (χ0) is 39.8. The van der Waals surface area contributed by atoms with Gasteiger partial charge in [0.1, 0.15) is 30.3 Å². The number of aliphatic hydroxyl groups is 1. The zero-order valence-electron chi connectivity index (χ0n) is 32.4. The predicted molar refractivity (Wildman–Crippen MR) is 228 cm³/mol. The van der Waals surface area contributed by atoms with E-state index in [2.05, 4.69) is 48.1 Å². The summed E-state index contributed by atoms with van der Waals surface area (Å²) in [5.74, 6) is -0.322. The molecule has 0 atom stereocenters. The van der Waals surface area contributed by atoms with Gasteiger partial charge in [-0.25, -0.2) is 14.7 Å². The van der Waals surface area contributed by atoms with Gasteiger partial charge in [-0.2, -0.15) is 0 Å². The molecular formula is C47H47N6O3+. The summed E-state index contributed by atoms with van der Waals surface area (Å²) >= 11 is 0. The summed E-state index contributed by atoms with van der Waals surface area (Å²) in [5, 5.41) is 49.9. The van der Waals surface area contributed by atoms with E-state index in [0.717, 1.165) is 85.2 Å². The second-order valence-electron chi connectivity index (χ2n) is 14.4. The summed E-state index contributed by atoms with van der Waals surface area (Å²) in [7, 11) is 0. The van der Waals surface area contributed by atoms with E-state index in [1.807, 2.05) is 48.5 Å². The van der Waals surface area contributed by atoms with Gasteiger partial charge in [0.2, 0.25) is 5.71 Å². The third-order valence-electron chi connectivity index (χ3n) is 10.8. The molecule has 7 N–H and O–H groups in total. The van der Waals surface area contributed by atoms with E-state index < -0.39 is 0 Å². The number of phenols is 2. The molecule has 0 amide bonds. The van der Waals surface area contributed by atoms with E-state index in [4.69, 9.17) is 18.0 Å². The predicted octanol–water partition coefficient (Wildman–Crippen LogP) is 9.66. The fourth-order valence-corrected chi connectivity index (χ4v) is 8.85. The molecule has 56 heavy (non-hydrogen) atoms. The number of nitrogens with two attached hydrogens (primary N) is 2. The Balaban J connectivity index is 1.70. The molecule has 0 unspecified atom stereocenters. The van der Waals surface area contributed by atoms with E-state index in [-0.39, 0.29) is 39.7 Å². The van der Waals surface area contributed by atoms with Gasteiger partial charge < -0.3 is 31.7 Å². The Morgan fingerprint density at radius 1 is 0.696 bits per heavy atom. The number of rotatable bonds is 10. The van der Waals surface area contributed by atoms with Crippen LogP contribution in [0.5, 0.6) is 11.5 Å². The second-order valence-corrected chi connectivity index (χ2v) is 14.4. The number of benzene rings is 5. The lowest BCUT2D eigenvalue weighted by Gasteiger charge is -2.36. The van der Waals surface area contributed by atoms with Crippen molar-refractivity contribution in [3.05, 3.63) is 135 Å². The standard InChI is InChI=1S/C47H46N6O3/c1-6-22-52(23-7-2)45-27-14-10-18-31(49)36(27)41(37-28(45)15-11-19-32(37)50)43-40(33(26-48)51-5)44(47(43)56)42-38-29(16-12-20-34(38)54)46(53(24-8-3)25-9-4)30-17-13-21-35(55)39(30)42/h10-21H,6-9,22-25,49-50H2,1-4H3,(H2-,54,55,56)/p+1/b40-33-. The van der Waals surface area contributed by atoms with Gasteiger partial charge in [-0.15, -0.1) is 0 Å². The van der Waals surface area contributed by atoms with Crippen LogP contribution in [0.4, 0.5) is 17.1 Å². The van der Waals surface area contributed by atoms with Gasteiger partial charge >= 0.3 is 0 Å². The number of hydrogen-bond donors (Lipinski definition) is 5. The number of hydrogen-bond acceptors (Lipinski definition) is 7. The molecule has 9 nitrogen and oxygen atoms in total. The van der Waals surface area contributed by atoms with Crippen LogP contribution in [0.2, 0.25) is 0 Å². The molecule has 0 aliphatic heterocycles. The first-order valence-corrected chi connectivity index (χ1v) is 19.4. The second kappa shape index (κ2) is 15.2. The van der Waals surface area contributed by atoms with Crippen LogP contribution in [0.25, 0.3) is 37.5 Å². The summed E-state index contributed by atoms with van der Waals surface area (Å²) in [6.07, 6.45) is 3.57. The maximum absolute atomic E-state index is 12.7. The Morgan fingerprint density at radius 3 is 1.64 bits per heavy atom. The van der Waals surface area contributed by atoms with Gasteiger partial charge in [-0.05, 0) is 49.2 Å². The van der Waals surface area contributed by atoms with Gasteiger partial charge in [0.25, 0.3) is 5.70 Å². The summed E-state index contributed by atoms with van der Waals surface area (Å²) in [6, 6.07) is 24.2. The van der Waals surface area contributed by atoms with Crippen LogP contribution >= 0.6 is 0 Å². The number of anilines is 3. The zero-order valence-corrected chi connectivity index (χ0v) is 32.4. The van der Waals surface area contributed by atoms with Crippen molar-refractivity contribution in [1.29, 1.82) is 5.26 Å². The van der Waals surface area contributed by atoms with Crippen molar-refractivity contribution in [2.75, 3.05) is 42.5 Å². The topological polar surface area (TPSA) is 147 Å². The van der Waals surface area contributed by atoms with Crippen molar-refractivity contribution >= 4 is 55.5 Å². The Morgan fingerprint density at radius 2 is 1.20 bits per heavy atom. The van der Waals surface area contributed by atoms with E-state index in [1.54, 1.807) is 24.3 Å². The number of phenolic OH excluding ortho intramolecular Hbond substituents is 2.